The van der Waals surface area contributed by atoms with Crippen LogP contribution < -0.4 is 11.1 Å². The lowest BCUT2D eigenvalue weighted by Crippen LogP contribution is -2.47. The number of halogens is 3. The van der Waals surface area contributed by atoms with Crippen molar-refractivity contribution in [3.05, 3.63) is 65.6 Å². The Bertz CT molecular complexity index is 1130. The number of hydrogen-bond donors (Lipinski definition) is 2. The number of nitrogens with one attached hydrogen (secondary N) is 1. The molecule has 3 amide bonds. The number of urea groups is 1. The third-order valence-corrected chi connectivity index (χ3v) is 5.55. The average molecular weight is 446 g/mol. The zero-order chi connectivity index (χ0) is 22.9. The fourth-order valence-corrected chi connectivity index (χ4v) is 4.16. The van der Waals surface area contributed by atoms with Crippen LogP contribution in [-0.4, -0.2) is 44.5 Å². The average Bonchev–Trinajstić information content (AvgIpc) is 3.17. The van der Waals surface area contributed by atoms with Crippen LogP contribution in [0.2, 0.25) is 0 Å². The second kappa shape index (κ2) is 8.58. The van der Waals surface area contributed by atoms with Gasteiger partial charge in [-0.2, -0.15) is 13.2 Å². The van der Waals surface area contributed by atoms with Gasteiger partial charge >= 0.3 is 12.2 Å². The van der Waals surface area contributed by atoms with Gasteiger partial charge in [0.2, 0.25) is 5.91 Å². The van der Waals surface area contributed by atoms with Crippen molar-refractivity contribution < 1.29 is 22.8 Å². The first-order chi connectivity index (χ1) is 15.2. The summed E-state index contributed by atoms with van der Waals surface area (Å²) in [5, 5.41) is 10.3. The molecular formula is C21H21F3N6O2. The molecular weight excluding hydrogens is 425 g/mol. The van der Waals surface area contributed by atoms with E-state index in [-0.39, 0.29) is 5.92 Å². The number of hydrogen-bond acceptors (Lipinski definition) is 5. The van der Waals surface area contributed by atoms with Gasteiger partial charge < -0.3 is 5.73 Å². The number of aromatic nitrogens is 3. The SMILES string of the molecule is NC(=O)NC(=O)C(c1ccccc1)N1CCCC(c2nnc3ccc(C(F)(F)F)cn23)C1. The number of pyridine rings is 1. The number of fused-ring (bicyclic) bond motifs is 1. The molecule has 0 saturated carbocycles. The summed E-state index contributed by atoms with van der Waals surface area (Å²) in [6.45, 7) is 0.912. The lowest BCUT2D eigenvalue weighted by Gasteiger charge is -2.37. The molecule has 0 spiro atoms. The van der Waals surface area contributed by atoms with Crippen LogP contribution in [0.15, 0.2) is 48.7 Å². The molecule has 168 valence electrons. The van der Waals surface area contributed by atoms with E-state index in [0.717, 1.165) is 12.3 Å². The first-order valence-corrected chi connectivity index (χ1v) is 10.0. The maximum absolute atomic E-state index is 13.2. The van der Waals surface area contributed by atoms with E-state index < -0.39 is 29.7 Å². The first-order valence-electron chi connectivity index (χ1n) is 10.0. The van der Waals surface area contributed by atoms with Crippen molar-refractivity contribution in [2.45, 2.75) is 31.0 Å². The second-order valence-corrected chi connectivity index (χ2v) is 7.70. The molecule has 1 saturated heterocycles. The van der Waals surface area contributed by atoms with Gasteiger partial charge in [0.25, 0.3) is 0 Å². The predicted octanol–water partition coefficient (Wildman–Crippen LogP) is 2.86. The molecule has 4 rings (SSSR count). The number of amides is 3. The molecule has 2 atom stereocenters. The van der Waals surface area contributed by atoms with E-state index in [1.807, 2.05) is 11.0 Å². The minimum atomic E-state index is -4.49. The molecule has 1 fully saturated rings. The Hall–Kier alpha value is -3.47. The van der Waals surface area contributed by atoms with Crippen LogP contribution >= 0.6 is 0 Å². The third-order valence-electron chi connectivity index (χ3n) is 5.55. The number of rotatable bonds is 4. The molecule has 0 radical (unpaired) electrons. The summed E-state index contributed by atoms with van der Waals surface area (Å²) in [5.74, 6) is -0.414. The number of piperidine rings is 1. The predicted molar refractivity (Wildman–Crippen MR) is 108 cm³/mol. The molecule has 1 aliphatic heterocycles. The van der Waals surface area contributed by atoms with Gasteiger partial charge in [-0.3, -0.25) is 19.4 Å². The highest BCUT2D eigenvalue weighted by molar-refractivity contribution is 5.96. The number of alkyl halides is 3. The van der Waals surface area contributed by atoms with E-state index in [1.165, 1.54) is 10.5 Å². The van der Waals surface area contributed by atoms with Crippen molar-refractivity contribution >= 4 is 17.6 Å². The van der Waals surface area contributed by atoms with Gasteiger partial charge in [0, 0.05) is 18.7 Å². The molecule has 32 heavy (non-hydrogen) atoms. The summed E-state index contributed by atoms with van der Waals surface area (Å²) in [7, 11) is 0. The molecule has 2 aromatic heterocycles. The van der Waals surface area contributed by atoms with Crippen molar-refractivity contribution in [3.63, 3.8) is 0 Å². The Balaban J connectivity index is 1.66. The van der Waals surface area contributed by atoms with Gasteiger partial charge in [0.15, 0.2) is 5.65 Å². The number of likely N-dealkylation sites (tertiary alicyclic amines) is 1. The topological polar surface area (TPSA) is 106 Å². The Morgan fingerprint density at radius 3 is 2.56 bits per heavy atom. The van der Waals surface area contributed by atoms with Crippen molar-refractivity contribution in [2.24, 2.45) is 5.73 Å². The number of primary amides is 1. The Labute approximate surface area is 181 Å². The number of benzene rings is 1. The summed E-state index contributed by atoms with van der Waals surface area (Å²) in [6, 6.07) is 9.45. The lowest BCUT2D eigenvalue weighted by molar-refractivity contribution is -0.138. The maximum Gasteiger partial charge on any atom is 0.417 e. The van der Waals surface area contributed by atoms with Crippen LogP contribution in [0.4, 0.5) is 18.0 Å². The van der Waals surface area contributed by atoms with Crippen molar-refractivity contribution in [2.75, 3.05) is 13.1 Å². The van der Waals surface area contributed by atoms with E-state index in [1.54, 1.807) is 24.3 Å². The lowest BCUT2D eigenvalue weighted by atomic mass is 9.93. The Morgan fingerprint density at radius 2 is 1.88 bits per heavy atom. The Kier molecular flexibility index (Phi) is 5.83. The van der Waals surface area contributed by atoms with Gasteiger partial charge in [-0.05, 0) is 37.1 Å². The summed E-state index contributed by atoms with van der Waals surface area (Å²) in [4.78, 5) is 26.0. The van der Waals surface area contributed by atoms with Gasteiger partial charge in [-0.1, -0.05) is 30.3 Å². The monoisotopic (exact) mass is 446 g/mol. The Morgan fingerprint density at radius 1 is 1.12 bits per heavy atom. The number of carbonyl (C=O) groups excluding carboxylic acids is 2. The van der Waals surface area contributed by atoms with E-state index in [4.69, 9.17) is 5.73 Å². The molecule has 8 nitrogen and oxygen atoms in total. The molecule has 3 heterocycles. The summed E-state index contributed by atoms with van der Waals surface area (Å²) < 4.78 is 41.0. The van der Waals surface area contributed by atoms with Gasteiger partial charge in [0.05, 0.1) is 5.56 Å². The van der Waals surface area contributed by atoms with Crippen LogP contribution in [0.3, 0.4) is 0 Å². The molecule has 0 bridgehead atoms. The van der Waals surface area contributed by atoms with E-state index in [0.29, 0.717) is 43.0 Å². The summed E-state index contributed by atoms with van der Waals surface area (Å²) in [5.41, 5.74) is 5.36. The van der Waals surface area contributed by atoms with Crippen LogP contribution in [0, 0.1) is 0 Å². The molecule has 2 unspecified atom stereocenters. The second-order valence-electron chi connectivity index (χ2n) is 7.70. The number of imide groups is 1. The maximum atomic E-state index is 13.2. The van der Waals surface area contributed by atoms with Crippen molar-refractivity contribution in [3.8, 4) is 0 Å². The quantitative estimate of drug-likeness (QED) is 0.641. The molecule has 3 aromatic rings. The van der Waals surface area contributed by atoms with Gasteiger partial charge in [-0.25, -0.2) is 4.79 Å². The zero-order valence-corrected chi connectivity index (χ0v) is 16.9. The van der Waals surface area contributed by atoms with Crippen LogP contribution in [0.25, 0.3) is 5.65 Å². The summed E-state index contributed by atoms with van der Waals surface area (Å²) in [6.07, 6.45) is -2.13. The molecule has 1 aliphatic rings. The highest BCUT2D eigenvalue weighted by Gasteiger charge is 2.35. The summed E-state index contributed by atoms with van der Waals surface area (Å²) >= 11 is 0. The van der Waals surface area contributed by atoms with Crippen LogP contribution in [0.1, 0.15) is 41.8 Å². The fourth-order valence-electron chi connectivity index (χ4n) is 4.16. The highest BCUT2D eigenvalue weighted by atomic mass is 19.4. The minimum absolute atomic E-state index is 0.255. The largest absolute Gasteiger partial charge is 0.417 e. The van der Waals surface area contributed by atoms with Gasteiger partial charge in [-0.15, -0.1) is 10.2 Å². The van der Waals surface area contributed by atoms with E-state index >= 15 is 0 Å². The fraction of sp³-hybridized carbons (Fsp3) is 0.333. The number of carbonyl (C=O) groups is 2. The molecule has 1 aromatic carbocycles. The molecule has 11 heteroatoms. The normalized spacial score (nSPS) is 18.4. The zero-order valence-electron chi connectivity index (χ0n) is 16.9. The van der Waals surface area contributed by atoms with Crippen molar-refractivity contribution in [1.29, 1.82) is 0 Å². The number of nitrogens with zero attached hydrogens (tertiary/aromatic N) is 4. The molecule has 0 aliphatic carbocycles. The third kappa shape index (κ3) is 4.42. The van der Waals surface area contributed by atoms with Crippen molar-refractivity contribution in [1.82, 2.24) is 24.8 Å². The number of nitrogens with two attached hydrogens (primary N) is 1. The van der Waals surface area contributed by atoms with Crippen LogP contribution in [0.5, 0.6) is 0 Å². The highest BCUT2D eigenvalue weighted by Crippen LogP contribution is 2.33. The van der Waals surface area contributed by atoms with Gasteiger partial charge in [0.1, 0.15) is 11.9 Å². The van der Waals surface area contributed by atoms with E-state index in [2.05, 4.69) is 15.5 Å². The minimum Gasteiger partial charge on any atom is -0.351 e. The van der Waals surface area contributed by atoms with Crippen LogP contribution in [-0.2, 0) is 11.0 Å². The van der Waals surface area contributed by atoms with E-state index in [9.17, 15) is 22.8 Å². The first kappa shape index (κ1) is 21.8. The smallest absolute Gasteiger partial charge is 0.351 e. The molecule has 3 N–H and O–H groups in total. The standard InChI is InChI=1S/C21H21F3N6O2/c22-21(23,24)15-8-9-16-27-28-18(30(16)12-15)14-7-4-10-29(11-14)17(19(31)26-20(25)32)13-5-2-1-3-6-13/h1-3,5-6,8-9,12,14,17H,4,7,10-11H2,(H3,25,26,31,32).